The molecule has 1 aromatic rings. The fraction of sp³-hybridized carbons (Fsp3) is 0.421. The molecule has 2 N–H and O–H groups in total. The predicted octanol–water partition coefficient (Wildman–Crippen LogP) is 6.38. The topological polar surface area (TPSA) is 78.3 Å². The van der Waals surface area contributed by atoms with Crippen molar-refractivity contribution in [3.05, 3.63) is 39.1 Å². The fourth-order valence-corrected chi connectivity index (χ4v) is 3.81. The number of halogens is 11. The quantitative estimate of drug-likeness (QED) is 0.395. The van der Waals surface area contributed by atoms with Crippen LogP contribution < -0.4 is 15.8 Å². The summed E-state index contributed by atoms with van der Waals surface area (Å²) in [6, 6.07) is 0.761. The highest BCUT2D eigenvalue weighted by Crippen LogP contribution is 2.44. The Kier molecular flexibility index (Phi) is 7.20. The molecule has 1 aromatic carbocycles. The maximum atomic E-state index is 13.8. The Labute approximate surface area is 211 Å². The second-order valence-electron chi connectivity index (χ2n) is 8.45. The second-order valence-corrected chi connectivity index (χ2v) is 9.27. The van der Waals surface area contributed by atoms with Crippen LogP contribution in [0.4, 0.5) is 50.0 Å². The van der Waals surface area contributed by atoms with Gasteiger partial charge in [0, 0.05) is 0 Å². The molecule has 0 saturated carbocycles. The standard InChI is InChI=1S/C19H14Cl2F9N5O2/c1-16(2,3)37-15(36)33-13-9-11(18(25,26)27)31-14(19(28,29)30)32-12(9)34-35(13)10-7(20)4-6(5-8(10)21)17(22,23)24/h4-5,12,34H,1-3H3,(H,33,36). The summed E-state index contributed by atoms with van der Waals surface area (Å²) in [5.74, 6) is -3.08. The molecule has 204 valence electrons. The van der Waals surface area contributed by atoms with Crippen molar-refractivity contribution in [1.82, 2.24) is 10.7 Å². The molecule has 1 atom stereocenters. The van der Waals surface area contributed by atoms with Crippen LogP contribution in [0.5, 0.6) is 0 Å². The van der Waals surface area contributed by atoms with Gasteiger partial charge in [0.1, 0.15) is 11.4 Å². The Balaban J connectivity index is 2.26. The molecule has 0 saturated heterocycles. The van der Waals surface area contributed by atoms with E-state index in [4.69, 9.17) is 27.9 Å². The van der Waals surface area contributed by atoms with Gasteiger partial charge in [-0.2, -0.15) is 44.9 Å². The van der Waals surface area contributed by atoms with Crippen molar-refractivity contribution in [3.8, 4) is 0 Å². The van der Waals surface area contributed by atoms with Crippen LogP contribution in [0.15, 0.2) is 33.5 Å². The number of amidine groups is 1. The third-order valence-corrected chi connectivity index (χ3v) is 5.01. The lowest BCUT2D eigenvalue weighted by Gasteiger charge is -2.27. The molecular weight excluding hydrogens is 572 g/mol. The Morgan fingerprint density at radius 1 is 0.973 bits per heavy atom. The first-order valence-corrected chi connectivity index (χ1v) is 10.5. The summed E-state index contributed by atoms with van der Waals surface area (Å²) in [5.41, 5.74) is -4.17. The van der Waals surface area contributed by atoms with Gasteiger partial charge in [-0.05, 0) is 32.9 Å². The van der Waals surface area contributed by atoms with Gasteiger partial charge in [0.25, 0.3) is 0 Å². The lowest BCUT2D eigenvalue weighted by atomic mass is 10.1. The molecule has 0 radical (unpaired) electrons. The van der Waals surface area contributed by atoms with E-state index in [0.717, 1.165) is 0 Å². The molecule has 2 heterocycles. The van der Waals surface area contributed by atoms with Gasteiger partial charge in [0.05, 0.1) is 26.9 Å². The Bertz CT molecular complexity index is 1190. The van der Waals surface area contributed by atoms with Crippen LogP contribution in [0.3, 0.4) is 0 Å². The lowest BCUT2D eigenvalue weighted by molar-refractivity contribution is -0.137. The van der Waals surface area contributed by atoms with Gasteiger partial charge >= 0.3 is 24.6 Å². The Morgan fingerprint density at radius 2 is 1.51 bits per heavy atom. The molecule has 0 bridgehead atoms. The molecule has 1 amide bonds. The van der Waals surface area contributed by atoms with Crippen molar-refractivity contribution < 1.29 is 49.0 Å². The maximum Gasteiger partial charge on any atom is 0.451 e. The molecule has 1 unspecified atom stereocenters. The number of benzene rings is 1. The van der Waals surface area contributed by atoms with Crippen LogP contribution in [-0.2, 0) is 10.9 Å². The van der Waals surface area contributed by atoms with Crippen LogP contribution in [-0.4, -0.2) is 41.8 Å². The van der Waals surface area contributed by atoms with Crippen LogP contribution >= 0.6 is 23.2 Å². The number of nitrogens with one attached hydrogen (secondary N) is 2. The minimum Gasteiger partial charge on any atom is -0.444 e. The lowest BCUT2D eigenvalue weighted by Crippen LogP contribution is -2.44. The monoisotopic (exact) mass is 585 g/mol. The number of alkyl carbamates (subject to hydrolysis) is 1. The molecular formula is C19H14Cl2F9N5O2. The summed E-state index contributed by atoms with van der Waals surface area (Å²) < 4.78 is 126. The fourth-order valence-electron chi connectivity index (χ4n) is 3.15. The van der Waals surface area contributed by atoms with Gasteiger partial charge in [-0.15, -0.1) is 0 Å². The average molecular weight is 586 g/mol. The summed E-state index contributed by atoms with van der Waals surface area (Å²) in [6.07, 6.45) is -19.3. The van der Waals surface area contributed by atoms with Crippen LogP contribution in [0.25, 0.3) is 0 Å². The molecule has 0 aromatic heterocycles. The Morgan fingerprint density at radius 3 is 1.95 bits per heavy atom. The van der Waals surface area contributed by atoms with Crippen molar-refractivity contribution in [2.75, 3.05) is 5.01 Å². The van der Waals surface area contributed by atoms with Gasteiger partial charge in [-0.1, -0.05) is 23.2 Å². The SMILES string of the molecule is CC(C)(C)OC(=O)NC1=C2C(C(F)(F)F)=NC(C(F)(F)F)=NC2NN1c1c(Cl)cc(C(F)(F)F)cc1Cl. The number of rotatable bonds is 2. The van der Waals surface area contributed by atoms with E-state index in [9.17, 15) is 44.3 Å². The van der Waals surface area contributed by atoms with Gasteiger partial charge in [-0.25, -0.2) is 14.8 Å². The van der Waals surface area contributed by atoms with Gasteiger partial charge in [0.15, 0.2) is 11.9 Å². The third-order valence-electron chi connectivity index (χ3n) is 4.44. The number of anilines is 1. The van der Waals surface area contributed by atoms with Crippen molar-refractivity contribution in [2.45, 2.75) is 51.1 Å². The highest BCUT2D eigenvalue weighted by molar-refractivity contribution is 6.39. The highest BCUT2D eigenvalue weighted by Gasteiger charge is 2.52. The summed E-state index contributed by atoms with van der Waals surface area (Å²) in [6.45, 7) is 4.22. The number of ether oxygens (including phenoxy) is 1. The van der Waals surface area contributed by atoms with E-state index in [2.05, 4.69) is 15.4 Å². The zero-order valence-corrected chi connectivity index (χ0v) is 20.1. The first-order valence-electron chi connectivity index (χ1n) is 9.77. The minimum absolute atomic E-state index is 0.380. The number of hydrogen-bond acceptors (Lipinski definition) is 6. The van der Waals surface area contributed by atoms with E-state index >= 15 is 0 Å². The first-order chi connectivity index (χ1) is 16.6. The number of aliphatic imine (C=N–C) groups is 2. The molecule has 2 aliphatic rings. The summed E-state index contributed by atoms with van der Waals surface area (Å²) >= 11 is 11.9. The highest BCUT2D eigenvalue weighted by atomic mass is 35.5. The molecule has 0 spiro atoms. The van der Waals surface area contributed by atoms with Crippen molar-refractivity contribution >= 4 is 46.5 Å². The molecule has 0 fully saturated rings. The van der Waals surface area contributed by atoms with E-state index in [1.165, 1.54) is 20.8 Å². The zero-order valence-electron chi connectivity index (χ0n) is 18.5. The van der Waals surface area contributed by atoms with Gasteiger partial charge in [0.2, 0.25) is 5.84 Å². The first kappa shape index (κ1) is 28.8. The maximum absolute atomic E-state index is 13.8. The van der Waals surface area contributed by atoms with Gasteiger partial charge < -0.3 is 4.74 Å². The number of amides is 1. The zero-order chi connectivity index (χ0) is 28.3. The normalized spacial score (nSPS) is 19.0. The number of carbonyl (C=O) groups excluding carboxylic acids is 1. The number of hydrazine groups is 1. The molecule has 0 aliphatic carbocycles. The number of alkyl halides is 9. The van der Waals surface area contributed by atoms with E-state index in [-0.39, 0.29) is 0 Å². The minimum atomic E-state index is -5.49. The largest absolute Gasteiger partial charge is 0.451 e. The van der Waals surface area contributed by atoms with E-state index in [1.54, 1.807) is 0 Å². The van der Waals surface area contributed by atoms with E-state index in [0.29, 0.717) is 17.1 Å². The van der Waals surface area contributed by atoms with Gasteiger partial charge in [-0.3, -0.25) is 10.3 Å². The van der Waals surface area contributed by atoms with Crippen molar-refractivity contribution in [1.29, 1.82) is 0 Å². The number of hydrogen-bond donors (Lipinski definition) is 2. The van der Waals surface area contributed by atoms with Crippen LogP contribution in [0, 0.1) is 0 Å². The third kappa shape index (κ3) is 6.23. The average Bonchev–Trinajstić information content (AvgIpc) is 3.00. The summed E-state index contributed by atoms with van der Waals surface area (Å²) in [4.78, 5) is 18.2. The van der Waals surface area contributed by atoms with Crippen LogP contribution in [0.2, 0.25) is 10.0 Å². The smallest absolute Gasteiger partial charge is 0.444 e. The predicted molar refractivity (Wildman–Crippen MR) is 114 cm³/mol. The molecule has 37 heavy (non-hydrogen) atoms. The molecule has 2 aliphatic heterocycles. The van der Waals surface area contributed by atoms with Crippen LogP contribution in [0.1, 0.15) is 26.3 Å². The number of carbonyl (C=O) groups is 1. The van der Waals surface area contributed by atoms with Crippen molar-refractivity contribution in [3.63, 3.8) is 0 Å². The van der Waals surface area contributed by atoms with E-state index in [1.807, 2.05) is 5.32 Å². The summed E-state index contributed by atoms with van der Waals surface area (Å²) in [5, 5.41) is 0.866. The number of fused-ring (bicyclic) bond motifs is 1. The molecule has 7 nitrogen and oxygen atoms in total. The Hall–Kier alpha value is -2.72. The number of nitrogens with zero attached hydrogens (tertiary/aromatic N) is 3. The molecule has 18 heteroatoms. The second kappa shape index (κ2) is 9.23. The van der Waals surface area contributed by atoms with Crippen molar-refractivity contribution in [2.24, 2.45) is 9.98 Å². The van der Waals surface area contributed by atoms with E-state index < -0.39 is 80.6 Å². The molecule has 3 rings (SSSR count). The summed E-state index contributed by atoms with van der Waals surface area (Å²) in [7, 11) is 0.